The molecule has 0 fully saturated rings. The predicted octanol–water partition coefficient (Wildman–Crippen LogP) is 2.90. The molecule has 0 radical (unpaired) electrons. The molecule has 1 aromatic rings. The van der Waals surface area contributed by atoms with E-state index in [2.05, 4.69) is 10.3 Å². The number of pyridine rings is 1. The molecule has 0 spiro atoms. The van der Waals surface area contributed by atoms with Crippen LogP contribution in [0.5, 0.6) is 0 Å². The van der Waals surface area contributed by atoms with Gasteiger partial charge in [-0.25, -0.2) is 0 Å². The highest BCUT2D eigenvalue weighted by atomic mass is 14.8. The predicted molar refractivity (Wildman–Crippen MR) is 64.6 cm³/mol. The topological polar surface area (TPSA) is 24.9 Å². The molecule has 1 heterocycles. The van der Waals surface area contributed by atoms with Crippen LogP contribution in [-0.4, -0.2) is 18.6 Å². The molecule has 0 aromatic carbocycles. The van der Waals surface area contributed by atoms with Crippen LogP contribution < -0.4 is 5.32 Å². The smallest absolute Gasteiger partial charge is 0.0416 e. The summed E-state index contributed by atoms with van der Waals surface area (Å²) in [7, 11) is 1.95. The molecule has 2 heteroatoms. The lowest BCUT2D eigenvalue weighted by Gasteiger charge is -1.96. The van der Waals surface area contributed by atoms with Gasteiger partial charge in [0.15, 0.2) is 0 Å². The monoisotopic (exact) mass is 196 g/mol. The van der Waals surface area contributed by atoms with Gasteiger partial charge in [-0.15, -0.1) is 0 Å². The fourth-order valence-electron chi connectivity index (χ4n) is 0.799. The highest BCUT2D eigenvalue weighted by Crippen LogP contribution is 1.92. The SMILES string of the molecule is CC.CC.CNCCc1ccccn1. The molecular formula is C12H24N2. The van der Waals surface area contributed by atoms with Crippen LogP contribution in [0.15, 0.2) is 24.4 Å². The lowest BCUT2D eigenvalue weighted by molar-refractivity contribution is 0.776. The first kappa shape index (κ1) is 15.6. The molecular weight excluding hydrogens is 172 g/mol. The van der Waals surface area contributed by atoms with Crippen LogP contribution in [0.3, 0.4) is 0 Å². The molecule has 0 saturated heterocycles. The minimum Gasteiger partial charge on any atom is -0.319 e. The number of hydrogen-bond acceptors (Lipinski definition) is 2. The molecule has 1 N–H and O–H groups in total. The molecule has 0 bridgehead atoms. The molecule has 1 rings (SSSR count). The summed E-state index contributed by atoms with van der Waals surface area (Å²) in [5, 5.41) is 3.08. The third kappa shape index (κ3) is 9.20. The summed E-state index contributed by atoms with van der Waals surface area (Å²) in [4.78, 5) is 4.18. The van der Waals surface area contributed by atoms with Gasteiger partial charge in [0.25, 0.3) is 0 Å². The molecule has 14 heavy (non-hydrogen) atoms. The van der Waals surface area contributed by atoms with Gasteiger partial charge in [-0.2, -0.15) is 0 Å². The summed E-state index contributed by atoms with van der Waals surface area (Å²) < 4.78 is 0. The van der Waals surface area contributed by atoms with Crippen LogP contribution in [0.25, 0.3) is 0 Å². The van der Waals surface area contributed by atoms with E-state index in [1.807, 2.05) is 59.1 Å². The average Bonchev–Trinajstić information content (AvgIpc) is 2.33. The summed E-state index contributed by atoms with van der Waals surface area (Å²) >= 11 is 0. The lowest BCUT2D eigenvalue weighted by atomic mass is 10.3. The van der Waals surface area contributed by atoms with E-state index < -0.39 is 0 Å². The van der Waals surface area contributed by atoms with Crippen molar-refractivity contribution in [1.29, 1.82) is 0 Å². The Bertz CT molecular complexity index is 173. The largest absolute Gasteiger partial charge is 0.319 e. The molecule has 0 amide bonds. The third-order valence-corrected chi connectivity index (χ3v) is 1.36. The van der Waals surface area contributed by atoms with E-state index in [0.717, 1.165) is 18.7 Å². The zero-order chi connectivity index (χ0) is 11.2. The second-order valence-corrected chi connectivity index (χ2v) is 2.17. The van der Waals surface area contributed by atoms with Crippen molar-refractivity contribution in [3.63, 3.8) is 0 Å². The van der Waals surface area contributed by atoms with Gasteiger partial charge in [-0.05, 0) is 19.2 Å². The highest BCUT2D eigenvalue weighted by Gasteiger charge is 1.88. The van der Waals surface area contributed by atoms with Crippen LogP contribution in [0.4, 0.5) is 0 Å². The first-order valence-corrected chi connectivity index (χ1v) is 5.48. The number of aromatic nitrogens is 1. The molecule has 0 atom stereocenters. The minimum atomic E-state index is 0.997. The lowest BCUT2D eigenvalue weighted by Crippen LogP contribution is -2.10. The first-order chi connectivity index (χ1) is 6.93. The Morgan fingerprint density at radius 2 is 1.79 bits per heavy atom. The van der Waals surface area contributed by atoms with Crippen LogP contribution in [0, 0.1) is 0 Å². The number of nitrogens with one attached hydrogen (secondary N) is 1. The van der Waals surface area contributed by atoms with Crippen molar-refractivity contribution in [3.8, 4) is 0 Å². The maximum atomic E-state index is 4.18. The van der Waals surface area contributed by atoms with E-state index in [0.29, 0.717) is 0 Å². The zero-order valence-electron chi connectivity index (χ0n) is 10.2. The van der Waals surface area contributed by atoms with Gasteiger partial charge in [0.05, 0.1) is 0 Å². The molecule has 2 nitrogen and oxygen atoms in total. The van der Waals surface area contributed by atoms with E-state index in [4.69, 9.17) is 0 Å². The Hall–Kier alpha value is -0.890. The molecule has 0 saturated carbocycles. The van der Waals surface area contributed by atoms with Gasteiger partial charge in [-0.3, -0.25) is 4.98 Å². The van der Waals surface area contributed by atoms with E-state index >= 15 is 0 Å². The van der Waals surface area contributed by atoms with Crippen molar-refractivity contribution in [2.75, 3.05) is 13.6 Å². The second-order valence-electron chi connectivity index (χ2n) is 2.17. The Kier molecular flexibility index (Phi) is 16.3. The van der Waals surface area contributed by atoms with Crippen LogP contribution in [0.2, 0.25) is 0 Å². The van der Waals surface area contributed by atoms with Gasteiger partial charge in [0.1, 0.15) is 0 Å². The third-order valence-electron chi connectivity index (χ3n) is 1.36. The van der Waals surface area contributed by atoms with Gasteiger partial charge in [0, 0.05) is 24.9 Å². The standard InChI is InChI=1S/C8H12N2.2C2H6/c1-9-7-5-8-4-2-3-6-10-8;2*1-2/h2-4,6,9H,5,7H2,1H3;2*1-2H3. The van der Waals surface area contributed by atoms with Gasteiger partial charge < -0.3 is 5.32 Å². The second kappa shape index (κ2) is 14.6. The van der Waals surface area contributed by atoms with Crippen molar-refractivity contribution in [1.82, 2.24) is 10.3 Å². The maximum absolute atomic E-state index is 4.18. The molecule has 0 unspecified atom stereocenters. The number of rotatable bonds is 3. The number of likely N-dealkylation sites (N-methyl/N-ethyl adjacent to an activating group) is 1. The molecule has 0 aliphatic heterocycles. The first-order valence-electron chi connectivity index (χ1n) is 5.48. The zero-order valence-corrected chi connectivity index (χ0v) is 10.2. The Labute approximate surface area is 88.8 Å². The fourth-order valence-corrected chi connectivity index (χ4v) is 0.799. The van der Waals surface area contributed by atoms with E-state index in [-0.39, 0.29) is 0 Å². The van der Waals surface area contributed by atoms with Crippen molar-refractivity contribution in [2.45, 2.75) is 34.1 Å². The fraction of sp³-hybridized carbons (Fsp3) is 0.583. The molecule has 1 aromatic heterocycles. The molecule has 82 valence electrons. The van der Waals surface area contributed by atoms with Crippen molar-refractivity contribution in [3.05, 3.63) is 30.1 Å². The quantitative estimate of drug-likeness (QED) is 0.804. The van der Waals surface area contributed by atoms with Crippen molar-refractivity contribution in [2.24, 2.45) is 0 Å². The number of hydrogen-bond donors (Lipinski definition) is 1. The summed E-state index contributed by atoms with van der Waals surface area (Å²) in [6.45, 7) is 9.00. The summed E-state index contributed by atoms with van der Waals surface area (Å²) in [5.74, 6) is 0. The van der Waals surface area contributed by atoms with Gasteiger partial charge in [0.2, 0.25) is 0 Å². The average molecular weight is 196 g/mol. The molecule has 0 aliphatic carbocycles. The van der Waals surface area contributed by atoms with E-state index in [1.54, 1.807) is 0 Å². The number of nitrogens with zero attached hydrogens (tertiary/aromatic N) is 1. The van der Waals surface area contributed by atoms with Crippen LogP contribution in [0.1, 0.15) is 33.4 Å². The highest BCUT2D eigenvalue weighted by molar-refractivity contribution is 5.03. The normalized spacial score (nSPS) is 7.79. The minimum absolute atomic E-state index is 0.997. The van der Waals surface area contributed by atoms with Crippen LogP contribution >= 0.6 is 0 Å². The van der Waals surface area contributed by atoms with E-state index in [1.165, 1.54) is 0 Å². The maximum Gasteiger partial charge on any atom is 0.0416 e. The van der Waals surface area contributed by atoms with Crippen molar-refractivity contribution < 1.29 is 0 Å². The Morgan fingerprint density at radius 3 is 2.21 bits per heavy atom. The van der Waals surface area contributed by atoms with Crippen LogP contribution in [-0.2, 0) is 6.42 Å². The van der Waals surface area contributed by atoms with E-state index in [9.17, 15) is 0 Å². The summed E-state index contributed by atoms with van der Waals surface area (Å²) in [6.07, 6.45) is 2.84. The summed E-state index contributed by atoms with van der Waals surface area (Å²) in [6, 6.07) is 5.98. The Balaban J connectivity index is 0. The summed E-state index contributed by atoms with van der Waals surface area (Å²) in [5.41, 5.74) is 1.15. The molecule has 0 aliphatic rings. The Morgan fingerprint density at radius 1 is 1.14 bits per heavy atom. The van der Waals surface area contributed by atoms with Gasteiger partial charge in [-0.1, -0.05) is 33.8 Å². The van der Waals surface area contributed by atoms with Gasteiger partial charge >= 0.3 is 0 Å². The van der Waals surface area contributed by atoms with Crippen molar-refractivity contribution >= 4 is 0 Å².